The Morgan fingerprint density at radius 1 is 1.14 bits per heavy atom. The van der Waals surface area contributed by atoms with Crippen molar-refractivity contribution in [3.63, 3.8) is 0 Å². The maximum absolute atomic E-state index is 4.15. The molecule has 0 aromatic carbocycles. The molecule has 0 rings (SSSR count). The van der Waals surface area contributed by atoms with E-state index in [1.807, 2.05) is 0 Å². The third kappa shape index (κ3) is 6.06. The average molecular weight is 197 g/mol. The molecule has 0 aliphatic heterocycles. The highest BCUT2D eigenvalue weighted by Gasteiger charge is 2.10. The largest absolute Gasteiger partial charge is 0.388 e. The second-order valence-electron chi connectivity index (χ2n) is 4.57. The van der Waals surface area contributed by atoms with E-state index < -0.39 is 0 Å². The summed E-state index contributed by atoms with van der Waals surface area (Å²) in [7, 11) is 0. The number of rotatable bonds is 8. The molecule has 1 N–H and O–H groups in total. The van der Waals surface area contributed by atoms with Crippen LogP contribution in [0.1, 0.15) is 53.4 Å². The van der Waals surface area contributed by atoms with Crippen molar-refractivity contribution in [2.24, 2.45) is 11.8 Å². The van der Waals surface area contributed by atoms with Crippen molar-refractivity contribution in [3.05, 3.63) is 12.3 Å². The van der Waals surface area contributed by atoms with Crippen LogP contribution in [0.25, 0.3) is 0 Å². The van der Waals surface area contributed by atoms with Gasteiger partial charge in [0.1, 0.15) is 0 Å². The number of hydrogen-bond donors (Lipinski definition) is 1. The molecule has 0 bridgehead atoms. The Kier molecular flexibility index (Phi) is 7.64. The first-order chi connectivity index (χ1) is 6.61. The smallest absolute Gasteiger partial charge is 0.0166 e. The van der Waals surface area contributed by atoms with E-state index in [1.54, 1.807) is 0 Å². The summed E-state index contributed by atoms with van der Waals surface area (Å²) >= 11 is 0. The Bertz CT molecular complexity index is 143. The number of allylic oxidation sites excluding steroid dienone is 1. The third-order valence-corrected chi connectivity index (χ3v) is 2.50. The zero-order valence-electron chi connectivity index (χ0n) is 10.4. The molecule has 0 aromatic heterocycles. The van der Waals surface area contributed by atoms with Gasteiger partial charge in [0.15, 0.2) is 0 Å². The predicted octanol–water partition coefficient (Wildman–Crippen LogP) is 3.96. The Balaban J connectivity index is 3.88. The van der Waals surface area contributed by atoms with Crippen molar-refractivity contribution in [1.82, 2.24) is 5.32 Å². The Hall–Kier alpha value is -0.460. The lowest BCUT2D eigenvalue weighted by molar-refractivity contribution is 0.460. The van der Waals surface area contributed by atoms with E-state index in [0.29, 0.717) is 11.8 Å². The lowest BCUT2D eigenvalue weighted by Crippen LogP contribution is -2.23. The van der Waals surface area contributed by atoms with Crippen LogP contribution in [-0.4, -0.2) is 6.54 Å². The molecule has 1 nitrogen and oxygen atoms in total. The van der Waals surface area contributed by atoms with Gasteiger partial charge in [0.25, 0.3) is 0 Å². The SMILES string of the molecule is C=C(NCC(C)C)C(CCC)CCC. The molecule has 0 amide bonds. The lowest BCUT2D eigenvalue weighted by Gasteiger charge is -2.20. The minimum Gasteiger partial charge on any atom is -0.388 e. The van der Waals surface area contributed by atoms with Gasteiger partial charge < -0.3 is 5.32 Å². The topological polar surface area (TPSA) is 12.0 Å². The van der Waals surface area contributed by atoms with Gasteiger partial charge in [0.05, 0.1) is 0 Å². The Labute approximate surface area is 90.0 Å². The average Bonchev–Trinajstić information content (AvgIpc) is 2.14. The molecule has 0 aliphatic carbocycles. The van der Waals surface area contributed by atoms with Crippen molar-refractivity contribution in [3.8, 4) is 0 Å². The fraction of sp³-hybridized carbons (Fsp3) is 0.846. The van der Waals surface area contributed by atoms with E-state index >= 15 is 0 Å². The summed E-state index contributed by atoms with van der Waals surface area (Å²) in [4.78, 5) is 0. The third-order valence-electron chi connectivity index (χ3n) is 2.50. The van der Waals surface area contributed by atoms with Crippen LogP contribution in [0, 0.1) is 11.8 Å². The van der Waals surface area contributed by atoms with Gasteiger partial charge in [0, 0.05) is 12.2 Å². The standard InChI is InChI=1S/C13H27N/c1-6-8-13(9-7-2)12(5)14-10-11(3)4/h11,13-14H,5-10H2,1-4H3. The zero-order chi connectivity index (χ0) is 11.0. The van der Waals surface area contributed by atoms with Crippen LogP contribution in [0.3, 0.4) is 0 Å². The highest BCUT2D eigenvalue weighted by Crippen LogP contribution is 2.19. The fourth-order valence-corrected chi connectivity index (χ4v) is 1.67. The predicted molar refractivity (Wildman–Crippen MR) is 65.3 cm³/mol. The van der Waals surface area contributed by atoms with Gasteiger partial charge in [-0.25, -0.2) is 0 Å². The van der Waals surface area contributed by atoms with Gasteiger partial charge in [-0.3, -0.25) is 0 Å². The van der Waals surface area contributed by atoms with E-state index in [1.165, 1.54) is 31.4 Å². The molecule has 0 aromatic rings. The summed E-state index contributed by atoms with van der Waals surface area (Å²) in [6.45, 7) is 14.2. The highest BCUT2D eigenvalue weighted by molar-refractivity contribution is 4.97. The Morgan fingerprint density at radius 2 is 1.64 bits per heavy atom. The molecule has 84 valence electrons. The maximum Gasteiger partial charge on any atom is 0.0166 e. The Morgan fingerprint density at radius 3 is 2.00 bits per heavy atom. The van der Waals surface area contributed by atoms with Crippen LogP contribution < -0.4 is 5.32 Å². The zero-order valence-corrected chi connectivity index (χ0v) is 10.4. The van der Waals surface area contributed by atoms with Gasteiger partial charge in [0.2, 0.25) is 0 Å². The van der Waals surface area contributed by atoms with Crippen molar-refractivity contribution < 1.29 is 0 Å². The van der Waals surface area contributed by atoms with Crippen molar-refractivity contribution in [1.29, 1.82) is 0 Å². The first-order valence-electron chi connectivity index (χ1n) is 6.04. The second-order valence-corrected chi connectivity index (χ2v) is 4.57. The van der Waals surface area contributed by atoms with Crippen LogP contribution >= 0.6 is 0 Å². The molecule has 0 heterocycles. The van der Waals surface area contributed by atoms with Crippen LogP contribution in [-0.2, 0) is 0 Å². The maximum atomic E-state index is 4.15. The molecule has 0 fully saturated rings. The molecule has 0 spiro atoms. The minimum atomic E-state index is 0.684. The lowest BCUT2D eigenvalue weighted by atomic mass is 9.95. The molecule has 0 aliphatic rings. The summed E-state index contributed by atoms with van der Waals surface area (Å²) in [5.41, 5.74) is 1.25. The summed E-state index contributed by atoms with van der Waals surface area (Å²) in [5.74, 6) is 1.39. The van der Waals surface area contributed by atoms with Crippen LogP contribution in [0.15, 0.2) is 12.3 Å². The van der Waals surface area contributed by atoms with E-state index in [4.69, 9.17) is 0 Å². The summed E-state index contributed by atoms with van der Waals surface area (Å²) < 4.78 is 0. The normalized spacial score (nSPS) is 11.0. The molecular weight excluding hydrogens is 170 g/mol. The quantitative estimate of drug-likeness (QED) is 0.621. The van der Waals surface area contributed by atoms with Crippen molar-refractivity contribution >= 4 is 0 Å². The van der Waals surface area contributed by atoms with E-state index in [9.17, 15) is 0 Å². The molecule has 0 radical (unpaired) electrons. The van der Waals surface area contributed by atoms with Crippen LogP contribution in [0.2, 0.25) is 0 Å². The fourth-order valence-electron chi connectivity index (χ4n) is 1.67. The summed E-state index contributed by atoms with van der Waals surface area (Å²) in [5, 5.41) is 3.46. The molecule has 0 saturated carbocycles. The minimum absolute atomic E-state index is 0.684. The summed E-state index contributed by atoms with van der Waals surface area (Å²) in [6.07, 6.45) is 5.07. The number of nitrogens with one attached hydrogen (secondary N) is 1. The van der Waals surface area contributed by atoms with E-state index in [2.05, 4.69) is 39.6 Å². The molecule has 14 heavy (non-hydrogen) atoms. The van der Waals surface area contributed by atoms with E-state index in [-0.39, 0.29) is 0 Å². The van der Waals surface area contributed by atoms with Crippen molar-refractivity contribution in [2.75, 3.05) is 6.54 Å². The monoisotopic (exact) mass is 197 g/mol. The van der Waals surface area contributed by atoms with Crippen LogP contribution in [0.5, 0.6) is 0 Å². The van der Waals surface area contributed by atoms with Crippen molar-refractivity contribution in [2.45, 2.75) is 53.4 Å². The van der Waals surface area contributed by atoms with Gasteiger partial charge in [-0.1, -0.05) is 47.1 Å². The van der Waals surface area contributed by atoms with Gasteiger partial charge in [-0.05, 0) is 24.7 Å². The number of hydrogen-bond acceptors (Lipinski definition) is 1. The van der Waals surface area contributed by atoms with Gasteiger partial charge >= 0.3 is 0 Å². The first kappa shape index (κ1) is 13.5. The molecule has 1 heteroatoms. The molecule has 0 atom stereocenters. The van der Waals surface area contributed by atoms with Crippen LogP contribution in [0.4, 0.5) is 0 Å². The molecule has 0 unspecified atom stereocenters. The molecule has 0 saturated heterocycles. The molecular formula is C13H27N. The second kappa shape index (κ2) is 7.90. The highest BCUT2D eigenvalue weighted by atomic mass is 14.9. The van der Waals surface area contributed by atoms with Gasteiger partial charge in [-0.15, -0.1) is 0 Å². The first-order valence-corrected chi connectivity index (χ1v) is 6.04. The van der Waals surface area contributed by atoms with Gasteiger partial charge in [-0.2, -0.15) is 0 Å². The van der Waals surface area contributed by atoms with E-state index in [0.717, 1.165) is 6.54 Å². The summed E-state index contributed by atoms with van der Waals surface area (Å²) in [6, 6.07) is 0.